The number of hydrogen-bond donors (Lipinski definition) is 1. The van der Waals surface area contributed by atoms with Crippen LogP contribution in [0, 0.1) is 5.41 Å². The van der Waals surface area contributed by atoms with Crippen molar-refractivity contribution in [2.45, 2.75) is 58.9 Å². The predicted octanol–water partition coefficient (Wildman–Crippen LogP) is 4.46. The van der Waals surface area contributed by atoms with Crippen molar-refractivity contribution in [3.05, 3.63) is 18.2 Å². The van der Waals surface area contributed by atoms with Crippen LogP contribution in [0.15, 0.2) is 18.2 Å². The standard InChI is InChI=1S/C18H30N2O/c1-5-12-21-17-13-15(6-7-16(17)19)20(4)14-8-10-18(2,3)11-9-14/h6-7,13-14H,5,8-12,19H2,1-4H3. The van der Waals surface area contributed by atoms with E-state index in [0.717, 1.165) is 24.5 Å². The Labute approximate surface area is 129 Å². The summed E-state index contributed by atoms with van der Waals surface area (Å²) in [6.45, 7) is 7.58. The molecule has 1 aromatic carbocycles. The zero-order valence-corrected chi connectivity index (χ0v) is 14.0. The Morgan fingerprint density at radius 2 is 1.95 bits per heavy atom. The van der Waals surface area contributed by atoms with Gasteiger partial charge in [0.25, 0.3) is 0 Å². The minimum absolute atomic E-state index is 0.508. The third kappa shape index (κ3) is 4.05. The fourth-order valence-corrected chi connectivity index (χ4v) is 3.06. The van der Waals surface area contributed by atoms with Gasteiger partial charge in [-0.05, 0) is 49.7 Å². The van der Waals surface area contributed by atoms with Crippen LogP contribution in [0.4, 0.5) is 11.4 Å². The van der Waals surface area contributed by atoms with E-state index in [0.29, 0.717) is 11.5 Å². The van der Waals surface area contributed by atoms with Crippen LogP contribution in [0.2, 0.25) is 0 Å². The Balaban J connectivity index is 2.07. The maximum absolute atomic E-state index is 6.00. The number of nitrogens with zero attached hydrogens (tertiary/aromatic N) is 1. The molecule has 0 aliphatic heterocycles. The smallest absolute Gasteiger partial charge is 0.144 e. The number of ether oxygens (including phenoxy) is 1. The highest BCUT2D eigenvalue weighted by Gasteiger charge is 2.29. The Kier molecular flexibility index (Phi) is 5.02. The van der Waals surface area contributed by atoms with E-state index < -0.39 is 0 Å². The summed E-state index contributed by atoms with van der Waals surface area (Å²) in [5.74, 6) is 0.817. The third-order valence-corrected chi connectivity index (χ3v) is 4.72. The van der Waals surface area contributed by atoms with E-state index in [1.165, 1.54) is 31.4 Å². The van der Waals surface area contributed by atoms with Gasteiger partial charge >= 0.3 is 0 Å². The summed E-state index contributed by atoms with van der Waals surface area (Å²) in [7, 11) is 2.19. The number of rotatable bonds is 5. The summed E-state index contributed by atoms with van der Waals surface area (Å²) in [6.07, 6.45) is 6.13. The largest absolute Gasteiger partial charge is 0.491 e. The maximum atomic E-state index is 6.00. The van der Waals surface area contributed by atoms with E-state index in [-0.39, 0.29) is 0 Å². The molecule has 0 saturated heterocycles. The van der Waals surface area contributed by atoms with E-state index >= 15 is 0 Å². The lowest BCUT2D eigenvalue weighted by molar-refractivity contribution is 0.222. The summed E-state index contributed by atoms with van der Waals surface area (Å²) in [6, 6.07) is 6.78. The summed E-state index contributed by atoms with van der Waals surface area (Å²) in [4.78, 5) is 2.40. The van der Waals surface area contributed by atoms with Crippen molar-refractivity contribution in [3.63, 3.8) is 0 Å². The van der Waals surface area contributed by atoms with Crippen molar-refractivity contribution >= 4 is 11.4 Å². The first kappa shape index (κ1) is 16.0. The van der Waals surface area contributed by atoms with Gasteiger partial charge < -0.3 is 15.4 Å². The van der Waals surface area contributed by atoms with Gasteiger partial charge in [-0.1, -0.05) is 20.8 Å². The van der Waals surface area contributed by atoms with Gasteiger partial charge in [0.2, 0.25) is 0 Å². The molecule has 1 fully saturated rings. The molecule has 21 heavy (non-hydrogen) atoms. The molecule has 0 spiro atoms. The van der Waals surface area contributed by atoms with Crippen molar-refractivity contribution in [2.75, 3.05) is 24.3 Å². The number of nitrogen functional groups attached to an aromatic ring is 1. The summed E-state index contributed by atoms with van der Waals surface area (Å²) >= 11 is 0. The molecule has 0 atom stereocenters. The minimum atomic E-state index is 0.508. The van der Waals surface area contributed by atoms with Crippen LogP contribution >= 0.6 is 0 Å². The van der Waals surface area contributed by atoms with Crippen molar-refractivity contribution in [1.82, 2.24) is 0 Å². The monoisotopic (exact) mass is 290 g/mol. The van der Waals surface area contributed by atoms with E-state index in [2.05, 4.69) is 44.9 Å². The van der Waals surface area contributed by atoms with Crippen LogP contribution in [-0.4, -0.2) is 19.7 Å². The van der Waals surface area contributed by atoms with Crippen LogP contribution in [0.25, 0.3) is 0 Å². The average Bonchev–Trinajstić information content (AvgIpc) is 2.46. The van der Waals surface area contributed by atoms with E-state index in [9.17, 15) is 0 Å². The highest BCUT2D eigenvalue weighted by molar-refractivity contribution is 5.62. The molecule has 118 valence electrons. The van der Waals surface area contributed by atoms with Gasteiger partial charge in [-0.15, -0.1) is 0 Å². The topological polar surface area (TPSA) is 38.5 Å². The third-order valence-electron chi connectivity index (χ3n) is 4.72. The van der Waals surface area contributed by atoms with E-state index in [4.69, 9.17) is 10.5 Å². The zero-order chi connectivity index (χ0) is 15.5. The van der Waals surface area contributed by atoms with Crippen LogP contribution in [0.3, 0.4) is 0 Å². The molecule has 0 radical (unpaired) electrons. The average molecular weight is 290 g/mol. The lowest BCUT2D eigenvalue weighted by Crippen LogP contribution is -2.37. The van der Waals surface area contributed by atoms with Crippen molar-refractivity contribution in [2.24, 2.45) is 5.41 Å². The number of benzene rings is 1. The minimum Gasteiger partial charge on any atom is -0.491 e. The molecule has 0 bridgehead atoms. The molecule has 0 aromatic heterocycles. The SMILES string of the molecule is CCCOc1cc(N(C)C2CCC(C)(C)CC2)ccc1N. The number of nitrogens with two attached hydrogens (primary N) is 1. The van der Waals surface area contributed by atoms with Crippen LogP contribution in [0.5, 0.6) is 5.75 Å². The molecule has 0 unspecified atom stereocenters. The molecule has 0 heterocycles. The first-order valence-electron chi connectivity index (χ1n) is 8.18. The maximum Gasteiger partial charge on any atom is 0.144 e. The molecule has 2 N–H and O–H groups in total. The molecule has 3 heteroatoms. The lowest BCUT2D eigenvalue weighted by atomic mass is 9.75. The lowest BCUT2D eigenvalue weighted by Gasteiger charge is -2.39. The molecular formula is C18H30N2O. The van der Waals surface area contributed by atoms with Crippen LogP contribution in [-0.2, 0) is 0 Å². The van der Waals surface area contributed by atoms with Crippen molar-refractivity contribution in [3.8, 4) is 5.75 Å². The second-order valence-corrected chi connectivity index (χ2v) is 7.08. The highest BCUT2D eigenvalue weighted by atomic mass is 16.5. The fraction of sp³-hybridized carbons (Fsp3) is 0.667. The van der Waals surface area contributed by atoms with Crippen LogP contribution < -0.4 is 15.4 Å². The fourth-order valence-electron chi connectivity index (χ4n) is 3.06. The molecular weight excluding hydrogens is 260 g/mol. The Bertz CT molecular complexity index is 460. The number of anilines is 2. The molecule has 1 aliphatic carbocycles. The van der Waals surface area contributed by atoms with Crippen LogP contribution in [0.1, 0.15) is 52.9 Å². The first-order chi connectivity index (χ1) is 9.93. The van der Waals surface area contributed by atoms with Gasteiger partial charge in [0, 0.05) is 24.8 Å². The quantitative estimate of drug-likeness (QED) is 0.814. The normalized spacial score (nSPS) is 18.5. The summed E-state index contributed by atoms with van der Waals surface area (Å²) < 4.78 is 5.75. The van der Waals surface area contributed by atoms with Gasteiger partial charge in [0.05, 0.1) is 12.3 Å². The number of hydrogen-bond acceptors (Lipinski definition) is 3. The highest BCUT2D eigenvalue weighted by Crippen LogP contribution is 2.38. The Morgan fingerprint density at radius 3 is 2.57 bits per heavy atom. The van der Waals surface area contributed by atoms with Gasteiger partial charge in [0.1, 0.15) is 5.75 Å². The summed E-state index contributed by atoms with van der Waals surface area (Å²) in [5, 5.41) is 0. The first-order valence-corrected chi connectivity index (χ1v) is 8.18. The molecule has 1 aromatic rings. The molecule has 3 nitrogen and oxygen atoms in total. The van der Waals surface area contributed by atoms with Gasteiger partial charge in [-0.3, -0.25) is 0 Å². The Hall–Kier alpha value is -1.38. The predicted molar refractivity (Wildman–Crippen MR) is 91.1 cm³/mol. The second-order valence-electron chi connectivity index (χ2n) is 7.08. The zero-order valence-electron chi connectivity index (χ0n) is 14.0. The van der Waals surface area contributed by atoms with Gasteiger partial charge in [-0.2, -0.15) is 0 Å². The molecule has 1 aliphatic rings. The van der Waals surface area contributed by atoms with E-state index in [1.807, 2.05) is 6.07 Å². The van der Waals surface area contributed by atoms with Gasteiger partial charge in [0.15, 0.2) is 0 Å². The summed E-state index contributed by atoms with van der Waals surface area (Å²) in [5.41, 5.74) is 8.44. The Morgan fingerprint density at radius 1 is 1.29 bits per heavy atom. The molecule has 1 saturated carbocycles. The molecule has 0 amide bonds. The molecule has 2 rings (SSSR count). The van der Waals surface area contributed by atoms with Crippen molar-refractivity contribution < 1.29 is 4.74 Å². The van der Waals surface area contributed by atoms with Crippen molar-refractivity contribution in [1.29, 1.82) is 0 Å². The van der Waals surface area contributed by atoms with Gasteiger partial charge in [-0.25, -0.2) is 0 Å². The van der Waals surface area contributed by atoms with E-state index in [1.54, 1.807) is 0 Å². The second kappa shape index (κ2) is 6.59.